The van der Waals surface area contributed by atoms with Crippen molar-refractivity contribution in [3.05, 3.63) is 33.5 Å². The first-order chi connectivity index (χ1) is 11.7. The lowest BCUT2D eigenvalue weighted by Gasteiger charge is -2.43. The molecular weight excluding hydrogens is 323 g/mol. The van der Waals surface area contributed by atoms with E-state index in [2.05, 4.69) is 20.8 Å². The van der Waals surface area contributed by atoms with Crippen LogP contribution in [0, 0.1) is 11.3 Å². The number of alkyl halides is 1. The molecule has 2 heterocycles. The Morgan fingerprint density at radius 1 is 1.21 bits per heavy atom. The maximum atomic E-state index is 13.9. The molecular formula is C18H19FN4S. The molecule has 24 heavy (non-hydrogen) atoms. The van der Waals surface area contributed by atoms with Crippen molar-refractivity contribution in [1.29, 1.82) is 5.26 Å². The Morgan fingerprint density at radius 2 is 2.00 bits per heavy atom. The minimum Gasteiger partial charge on any atom is -0.311 e. The van der Waals surface area contributed by atoms with Gasteiger partial charge in [-0.05, 0) is 50.7 Å². The molecule has 0 saturated heterocycles. The van der Waals surface area contributed by atoms with Crippen LogP contribution >= 0.6 is 11.3 Å². The van der Waals surface area contributed by atoms with Gasteiger partial charge in [-0.25, -0.2) is 4.39 Å². The standard InChI is InChI=1S/C18H19FN4S/c19-12-8-18(9-12,15-7-6-14(10-20)24-15)17-22-21-16(11-2-1-3-11)23(17)13-4-5-13/h6-7,11-13H,1-5,8-9H2. The van der Waals surface area contributed by atoms with Crippen molar-refractivity contribution in [3.63, 3.8) is 0 Å². The predicted octanol–water partition coefficient (Wildman–Crippen LogP) is 4.23. The van der Waals surface area contributed by atoms with Crippen LogP contribution in [0.25, 0.3) is 0 Å². The molecule has 3 aliphatic rings. The summed E-state index contributed by atoms with van der Waals surface area (Å²) >= 11 is 1.48. The average molecular weight is 342 g/mol. The molecule has 3 fully saturated rings. The van der Waals surface area contributed by atoms with Crippen LogP contribution in [-0.2, 0) is 5.41 Å². The average Bonchev–Trinajstić information content (AvgIpc) is 3.07. The quantitative estimate of drug-likeness (QED) is 0.835. The van der Waals surface area contributed by atoms with E-state index in [1.165, 1.54) is 43.4 Å². The summed E-state index contributed by atoms with van der Waals surface area (Å²) in [5.74, 6) is 2.60. The topological polar surface area (TPSA) is 54.5 Å². The van der Waals surface area contributed by atoms with E-state index in [0.717, 1.165) is 16.5 Å². The van der Waals surface area contributed by atoms with Gasteiger partial charge in [-0.15, -0.1) is 21.5 Å². The smallest absolute Gasteiger partial charge is 0.145 e. The highest BCUT2D eigenvalue weighted by Crippen LogP contribution is 2.54. The SMILES string of the molecule is N#Cc1ccc(C2(c3nnc(C4CCC4)n3C3CC3)CC(F)C2)s1. The van der Waals surface area contributed by atoms with Crippen LogP contribution in [0.2, 0.25) is 0 Å². The number of hydrogen-bond donors (Lipinski definition) is 0. The third-order valence-electron chi connectivity index (χ3n) is 5.86. The number of halogens is 1. The van der Waals surface area contributed by atoms with Gasteiger partial charge in [-0.3, -0.25) is 0 Å². The Hall–Kier alpha value is -1.74. The second kappa shape index (κ2) is 5.13. The molecule has 3 aliphatic carbocycles. The molecule has 0 atom stereocenters. The molecule has 5 rings (SSSR count). The highest BCUT2D eigenvalue weighted by molar-refractivity contribution is 7.12. The lowest BCUT2D eigenvalue weighted by molar-refractivity contribution is 0.116. The Labute approximate surface area is 144 Å². The van der Waals surface area contributed by atoms with Crippen LogP contribution in [0.5, 0.6) is 0 Å². The van der Waals surface area contributed by atoms with Gasteiger partial charge in [-0.1, -0.05) is 6.42 Å². The summed E-state index contributed by atoms with van der Waals surface area (Å²) in [5.41, 5.74) is -0.378. The molecule has 0 radical (unpaired) electrons. The molecule has 0 unspecified atom stereocenters. The van der Waals surface area contributed by atoms with Gasteiger partial charge in [0, 0.05) is 16.8 Å². The molecule has 3 saturated carbocycles. The summed E-state index contributed by atoms with van der Waals surface area (Å²) in [7, 11) is 0. The molecule has 4 nitrogen and oxygen atoms in total. The number of aromatic nitrogens is 3. The molecule has 0 N–H and O–H groups in total. The van der Waals surface area contributed by atoms with Gasteiger partial charge >= 0.3 is 0 Å². The summed E-state index contributed by atoms with van der Waals surface area (Å²) in [6, 6.07) is 6.54. The molecule has 0 aliphatic heterocycles. The second-order valence-electron chi connectivity index (χ2n) is 7.47. The summed E-state index contributed by atoms with van der Waals surface area (Å²) in [6.45, 7) is 0. The number of nitriles is 1. The maximum Gasteiger partial charge on any atom is 0.145 e. The van der Waals surface area contributed by atoms with E-state index in [9.17, 15) is 4.39 Å². The third-order valence-corrected chi connectivity index (χ3v) is 7.05. The van der Waals surface area contributed by atoms with Gasteiger partial charge < -0.3 is 4.57 Å². The third kappa shape index (κ3) is 2.00. The molecule has 124 valence electrons. The molecule has 6 heteroatoms. The van der Waals surface area contributed by atoms with E-state index >= 15 is 0 Å². The fourth-order valence-corrected chi connectivity index (χ4v) is 5.12. The van der Waals surface area contributed by atoms with Crippen LogP contribution in [-0.4, -0.2) is 20.9 Å². The van der Waals surface area contributed by atoms with Crippen molar-refractivity contribution < 1.29 is 4.39 Å². The fraction of sp³-hybridized carbons (Fsp3) is 0.611. The number of nitrogens with zero attached hydrogens (tertiary/aromatic N) is 4. The minimum atomic E-state index is -0.783. The normalized spacial score (nSPS) is 29.8. The molecule has 0 bridgehead atoms. The molecule has 2 aromatic rings. The minimum absolute atomic E-state index is 0.378. The van der Waals surface area contributed by atoms with Crippen molar-refractivity contribution in [1.82, 2.24) is 14.8 Å². The van der Waals surface area contributed by atoms with Crippen molar-refractivity contribution in [3.8, 4) is 6.07 Å². The van der Waals surface area contributed by atoms with Crippen molar-refractivity contribution in [2.75, 3.05) is 0 Å². The molecule has 0 amide bonds. The largest absolute Gasteiger partial charge is 0.311 e. The van der Waals surface area contributed by atoms with Gasteiger partial charge in [0.25, 0.3) is 0 Å². The zero-order chi connectivity index (χ0) is 16.3. The van der Waals surface area contributed by atoms with Gasteiger partial charge in [0.15, 0.2) is 0 Å². The Morgan fingerprint density at radius 3 is 2.54 bits per heavy atom. The van der Waals surface area contributed by atoms with E-state index < -0.39 is 6.17 Å². The summed E-state index contributed by atoms with van der Waals surface area (Å²) in [5, 5.41) is 18.3. The molecule has 0 spiro atoms. The van der Waals surface area contributed by atoms with E-state index in [0.29, 0.717) is 29.7 Å². The Balaban J connectivity index is 1.62. The fourth-order valence-electron chi connectivity index (χ4n) is 4.11. The highest BCUT2D eigenvalue weighted by atomic mass is 32.1. The van der Waals surface area contributed by atoms with Gasteiger partial charge in [0.1, 0.15) is 28.8 Å². The Bertz CT molecular complexity index is 818. The first-order valence-electron chi connectivity index (χ1n) is 8.81. The van der Waals surface area contributed by atoms with Gasteiger partial charge in [-0.2, -0.15) is 5.26 Å². The Kier molecular flexibility index (Phi) is 3.12. The zero-order valence-electron chi connectivity index (χ0n) is 13.4. The molecule has 2 aromatic heterocycles. The van der Waals surface area contributed by atoms with Gasteiger partial charge in [0.05, 0.1) is 5.41 Å². The lowest BCUT2D eigenvalue weighted by Crippen LogP contribution is -2.45. The van der Waals surface area contributed by atoms with Crippen molar-refractivity contribution >= 4 is 11.3 Å². The zero-order valence-corrected chi connectivity index (χ0v) is 14.2. The van der Waals surface area contributed by atoms with Crippen LogP contribution in [0.3, 0.4) is 0 Å². The van der Waals surface area contributed by atoms with Crippen LogP contribution in [0.15, 0.2) is 12.1 Å². The predicted molar refractivity (Wildman–Crippen MR) is 88.8 cm³/mol. The van der Waals surface area contributed by atoms with E-state index in [1.54, 1.807) is 0 Å². The summed E-state index contributed by atoms with van der Waals surface area (Å²) < 4.78 is 16.3. The van der Waals surface area contributed by atoms with Crippen LogP contribution < -0.4 is 0 Å². The first kappa shape index (κ1) is 14.6. The number of hydrogen-bond acceptors (Lipinski definition) is 4. The number of thiophene rings is 1. The van der Waals surface area contributed by atoms with E-state index in [1.807, 2.05) is 12.1 Å². The summed E-state index contributed by atoms with van der Waals surface area (Å²) in [4.78, 5) is 1.76. The van der Waals surface area contributed by atoms with Crippen LogP contribution in [0.4, 0.5) is 4.39 Å². The monoisotopic (exact) mass is 342 g/mol. The highest BCUT2D eigenvalue weighted by Gasteiger charge is 2.53. The van der Waals surface area contributed by atoms with Crippen molar-refractivity contribution in [2.24, 2.45) is 0 Å². The maximum absolute atomic E-state index is 13.9. The lowest BCUT2D eigenvalue weighted by atomic mass is 9.65. The van der Waals surface area contributed by atoms with E-state index in [4.69, 9.17) is 5.26 Å². The second-order valence-corrected chi connectivity index (χ2v) is 8.56. The molecule has 0 aromatic carbocycles. The summed E-state index contributed by atoms with van der Waals surface area (Å²) in [6.07, 6.45) is 6.16. The number of rotatable bonds is 4. The first-order valence-corrected chi connectivity index (χ1v) is 9.63. The van der Waals surface area contributed by atoms with Crippen LogP contribution in [0.1, 0.15) is 78.3 Å². The van der Waals surface area contributed by atoms with Crippen molar-refractivity contribution in [2.45, 2.75) is 68.5 Å². The van der Waals surface area contributed by atoms with Gasteiger partial charge in [0.2, 0.25) is 0 Å². The van der Waals surface area contributed by atoms with E-state index in [-0.39, 0.29) is 5.41 Å².